The number of Topliss-reactive ketones (excluding diaryl/α,β-unsaturated/α-hetero) is 1. The lowest BCUT2D eigenvalue weighted by Crippen LogP contribution is -2.21. The summed E-state index contributed by atoms with van der Waals surface area (Å²) in [6.45, 7) is 6.43. The number of allylic oxidation sites excluding steroid dienone is 1. The van der Waals surface area contributed by atoms with E-state index in [1.807, 2.05) is 18.2 Å². The smallest absolute Gasteiger partial charge is 0.231 e. The number of hydrogen-bond donors (Lipinski definition) is 0. The van der Waals surface area contributed by atoms with E-state index in [1.165, 1.54) is 0 Å². The minimum atomic E-state index is -0.139. The molecular formula is C26H23Cl2NO3. The average molecular weight is 468 g/mol. The van der Waals surface area contributed by atoms with Crippen LogP contribution in [0.2, 0.25) is 10.0 Å². The van der Waals surface area contributed by atoms with Crippen LogP contribution in [0.1, 0.15) is 35.3 Å². The number of ether oxygens (including phenoxy) is 2. The van der Waals surface area contributed by atoms with Crippen LogP contribution < -0.4 is 14.4 Å². The Morgan fingerprint density at radius 3 is 2.41 bits per heavy atom. The summed E-state index contributed by atoms with van der Waals surface area (Å²) in [4.78, 5) is 15.0. The third kappa shape index (κ3) is 4.77. The van der Waals surface area contributed by atoms with Gasteiger partial charge in [-0.3, -0.25) is 4.79 Å². The normalized spacial score (nSPS) is 13.8. The molecule has 0 amide bonds. The Kier molecular flexibility index (Phi) is 6.73. The first-order valence-electron chi connectivity index (χ1n) is 10.5. The van der Waals surface area contributed by atoms with Crippen molar-refractivity contribution in [1.29, 1.82) is 0 Å². The van der Waals surface area contributed by atoms with Crippen LogP contribution in [-0.4, -0.2) is 18.9 Å². The number of nitrogens with zero attached hydrogens (tertiary/aromatic N) is 1. The number of benzene rings is 3. The number of halogens is 2. The van der Waals surface area contributed by atoms with Gasteiger partial charge < -0.3 is 14.4 Å². The van der Waals surface area contributed by atoms with Crippen LogP contribution in [0.4, 0.5) is 5.69 Å². The van der Waals surface area contributed by atoms with E-state index >= 15 is 0 Å². The number of hydrogen-bond acceptors (Lipinski definition) is 4. The summed E-state index contributed by atoms with van der Waals surface area (Å²) in [7, 11) is 0. The van der Waals surface area contributed by atoms with E-state index in [4.69, 9.17) is 32.7 Å². The summed E-state index contributed by atoms with van der Waals surface area (Å²) in [5.41, 5.74) is 3.41. The Morgan fingerprint density at radius 2 is 1.72 bits per heavy atom. The zero-order valence-corrected chi connectivity index (χ0v) is 19.4. The summed E-state index contributed by atoms with van der Waals surface area (Å²) in [5.74, 6) is 1.24. The molecule has 3 aromatic carbocycles. The van der Waals surface area contributed by atoms with Gasteiger partial charge in [0.25, 0.3) is 0 Å². The molecule has 0 radical (unpaired) electrons. The zero-order valence-electron chi connectivity index (χ0n) is 17.9. The van der Waals surface area contributed by atoms with Crippen molar-refractivity contribution >= 4 is 40.7 Å². The van der Waals surface area contributed by atoms with E-state index in [2.05, 4.69) is 30.9 Å². The lowest BCUT2D eigenvalue weighted by molar-refractivity contribution is 0.101. The maximum atomic E-state index is 12.8. The zero-order chi connectivity index (χ0) is 22.7. The Balaban J connectivity index is 1.47. The standard InChI is InChI=1S/C26H23Cl2NO3/c1-3-29(4-2)20-9-5-17(6-10-20)13-25-26(30)22-12-11-21(15-24(22)32-25)31-16-18-7-8-19(27)14-23(18)28/h5-15H,3-4,16H2,1-2H3/b25-13-. The molecule has 1 aliphatic heterocycles. The number of anilines is 1. The minimum absolute atomic E-state index is 0.139. The molecule has 164 valence electrons. The first-order chi connectivity index (χ1) is 15.5. The number of carbonyl (C=O) groups excluding carboxylic acids is 1. The van der Waals surface area contributed by atoms with Gasteiger partial charge in [-0.25, -0.2) is 0 Å². The van der Waals surface area contributed by atoms with Gasteiger partial charge in [-0.05, 0) is 61.9 Å². The van der Waals surface area contributed by atoms with Crippen LogP contribution in [0, 0.1) is 0 Å². The summed E-state index contributed by atoms with van der Waals surface area (Å²) < 4.78 is 11.7. The molecule has 6 heteroatoms. The highest BCUT2D eigenvalue weighted by atomic mass is 35.5. The maximum Gasteiger partial charge on any atom is 0.231 e. The number of carbonyl (C=O) groups is 1. The van der Waals surface area contributed by atoms with Crippen LogP contribution in [0.5, 0.6) is 11.5 Å². The third-order valence-electron chi connectivity index (χ3n) is 5.37. The molecule has 0 unspecified atom stereocenters. The molecule has 0 saturated carbocycles. The lowest BCUT2D eigenvalue weighted by Gasteiger charge is -2.20. The first kappa shape index (κ1) is 22.3. The minimum Gasteiger partial charge on any atom is -0.489 e. The number of ketones is 1. The van der Waals surface area contributed by atoms with Gasteiger partial charge in [0.15, 0.2) is 5.76 Å². The molecule has 4 nitrogen and oxygen atoms in total. The number of fused-ring (bicyclic) bond motifs is 1. The second-order valence-electron chi connectivity index (χ2n) is 7.39. The second-order valence-corrected chi connectivity index (χ2v) is 8.23. The van der Waals surface area contributed by atoms with Crippen LogP contribution in [0.25, 0.3) is 6.08 Å². The van der Waals surface area contributed by atoms with Crippen LogP contribution in [-0.2, 0) is 6.61 Å². The van der Waals surface area contributed by atoms with E-state index in [0.717, 1.165) is 29.9 Å². The van der Waals surface area contributed by atoms with Crippen LogP contribution in [0.15, 0.2) is 66.4 Å². The van der Waals surface area contributed by atoms with Crippen molar-refractivity contribution in [2.75, 3.05) is 18.0 Å². The van der Waals surface area contributed by atoms with Crippen molar-refractivity contribution < 1.29 is 14.3 Å². The summed E-state index contributed by atoms with van der Waals surface area (Å²) in [6.07, 6.45) is 1.77. The highest BCUT2D eigenvalue weighted by Crippen LogP contribution is 2.35. The van der Waals surface area contributed by atoms with Crippen LogP contribution >= 0.6 is 23.2 Å². The van der Waals surface area contributed by atoms with E-state index in [0.29, 0.717) is 32.9 Å². The van der Waals surface area contributed by atoms with Crippen molar-refractivity contribution in [1.82, 2.24) is 0 Å². The van der Waals surface area contributed by atoms with Crippen molar-refractivity contribution in [3.05, 3.63) is 93.2 Å². The number of rotatable bonds is 7. The molecule has 0 N–H and O–H groups in total. The van der Waals surface area contributed by atoms with Crippen molar-refractivity contribution in [3.8, 4) is 11.5 Å². The fourth-order valence-electron chi connectivity index (χ4n) is 3.58. The predicted octanol–water partition coefficient (Wildman–Crippen LogP) is 7.03. The molecule has 0 saturated heterocycles. The molecule has 4 rings (SSSR count). The molecule has 1 aliphatic rings. The fourth-order valence-corrected chi connectivity index (χ4v) is 4.04. The van der Waals surface area contributed by atoms with Crippen molar-refractivity contribution in [3.63, 3.8) is 0 Å². The van der Waals surface area contributed by atoms with E-state index in [9.17, 15) is 4.79 Å². The Morgan fingerprint density at radius 1 is 0.969 bits per heavy atom. The molecule has 1 heterocycles. The highest BCUT2D eigenvalue weighted by Gasteiger charge is 2.27. The Hall–Kier alpha value is -2.95. The topological polar surface area (TPSA) is 38.8 Å². The van der Waals surface area contributed by atoms with Gasteiger partial charge in [0, 0.05) is 40.5 Å². The molecule has 0 spiro atoms. The molecule has 0 atom stereocenters. The van der Waals surface area contributed by atoms with Gasteiger partial charge >= 0.3 is 0 Å². The van der Waals surface area contributed by atoms with Gasteiger partial charge in [-0.2, -0.15) is 0 Å². The van der Waals surface area contributed by atoms with Crippen LogP contribution in [0.3, 0.4) is 0 Å². The average Bonchev–Trinajstić information content (AvgIpc) is 3.09. The molecule has 0 aromatic heterocycles. The summed E-state index contributed by atoms with van der Waals surface area (Å²) in [6, 6.07) is 18.6. The summed E-state index contributed by atoms with van der Waals surface area (Å²) >= 11 is 12.1. The maximum absolute atomic E-state index is 12.8. The Bertz CT molecular complexity index is 1170. The molecule has 3 aromatic rings. The second kappa shape index (κ2) is 9.68. The quantitative estimate of drug-likeness (QED) is 0.349. The van der Waals surface area contributed by atoms with E-state index < -0.39 is 0 Å². The summed E-state index contributed by atoms with van der Waals surface area (Å²) in [5, 5.41) is 1.12. The molecule has 32 heavy (non-hydrogen) atoms. The van der Waals surface area contributed by atoms with Crippen molar-refractivity contribution in [2.24, 2.45) is 0 Å². The molecular weight excluding hydrogens is 445 g/mol. The van der Waals surface area contributed by atoms with Gasteiger partial charge in [0.2, 0.25) is 5.78 Å². The van der Waals surface area contributed by atoms with E-state index in [-0.39, 0.29) is 12.4 Å². The van der Waals surface area contributed by atoms with Gasteiger partial charge in [0.05, 0.1) is 5.56 Å². The molecule has 0 bridgehead atoms. The van der Waals surface area contributed by atoms with Gasteiger partial charge in [-0.1, -0.05) is 41.4 Å². The Labute approximate surface area is 198 Å². The lowest BCUT2D eigenvalue weighted by atomic mass is 10.1. The SMILES string of the molecule is CCN(CC)c1ccc(/C=C2\Oc3cc(OCc4ccc(Cl)cc4Cl)ccc3C2=O)cc1. The largest absolute Gasteiger partial charge is 0.489 e. The predicted molar refractivity (Wildman–Crippen MR) is 130 cm³/mol. The third-order valence-corrected chi connectivity index (χ3v) is 5.96. The van der Waals surface area contributed by atoms with E-state index in [1.54, 1.807) is 36.4 Å². The molecule has 0 aliphatic carbocycles. The highest BCUT2D eigenvalue weighted by molar-refractivity contribution is 6.35. The first-order valence-corrected chi connectivity index (χ1v) is 11.2. The van der Waals surface area contributed by atoms with Gasteiger partial charge in [-0.15, -0.1) is 0 Å². The fraction of sp³-hybridized carbons (Fsp3) is 0.192. The van der Waals surface area contributed by atoms with Crippen molar-refractivity contribution in [2.45, 2.75) is 20.5 Å². The molecule has 0 fully saturated rings. The van der Waals surface area contributed by atoms with Gasteiger partial charge in [0.1, 0.15) is 18.1 Å². The monoisotopic (exact) mass is 467 g/mol.